The van der Waals surface area contributed by atoms with Gasteiger partial charge in [-0.2, -0.15) is 4.99 Å². The highest BCUT2D eigenvalue weighted by Crippen LogP contribution is 2.25. The highest BCUT2D eigenvalue weighted by atomic mass is 35.5. The van der Waals surface area contributed by atoms with E-state index < -0.39 is 5.41 Å². The number of rotatable bonds is 3. The van der Waals surface area contributed by atoms with Crippen LogP contribution in [0.5, 0.6) is 0 Å². The van der Waals surface area contributed by atoms with E-state index in [-0.39, 0.29) is 17.9 Å². The number of carbonyl (C=O) groups excluding carboxylic acids is 1. The highest BCUT2D eigenvalue weighted by Gasteiger charge is 2.23. The maximum Gasteiger partial charge on any atom is 0.232 e. The zero-order valence-electron chi connectivity index (χ0n) is 15.5. The van der Waals surface area contributed by atoms with Crippen molar-refractivity contribution in [1.82, 2.24) is 14.9 Å². The Bertz CT molecular complexity index is 821. The molecule has 0 aliphatic carbocycles. The fraction of sp³-hybridized carbons (Fsp3) is 0.389. The summed E-state index contributed by atoms with van der Waals surface area (Å²) in [6, 6.07) is 5.27. The van der Waals surface area contributed by atoms with Gasteiger partial charge in [0.05, 0.1) is 10.0 Å². The molecular formula is C18H23Cl2N5O. The summed E-state index contributed by atoms with van der Waals surface area (Å²) in [7, 11) is 0. The lowest BCUT2D eigenvalue weighted by Gasteiger charge is -2.20. The van der Waals surface area contributed by atoms with Gasteiger partial charge in [0.1, 0.15) is 0 Å². The number of imidazole rings is 1. The van der Waals surface area contributed by atoms with E-state index in [9.17, 15) is 4.79 Å². The fourth-order valence-electron chi connectivity index (χ4n) is 1.99. The molecule has 2 N–H and O–H groups in total. The van der Waals surface area contributed by atoms with Crippen LogP contribution in [0.2, 0.25) is 10.0 Å². The van der Waals surface area contributed by atoms with Crippen molar-refractivity contribution in [2.45, 2.75) is 40.7 Å². The van der Waals surface area contributed by atoms with Gasteiger partial charge in [-0.1, -0.05) is 44.0 Å². The maximum atomic E-state index is 12.4. The number of halogens is 2. The second-order valence-corrected chi connectivity index (χ2v) is 7.96. The molecule has 1 amide bonds. The van der Waals surface area contributed by atoms with E-state index in [4.69, 9.17) is 23.2 Å². The van der Waals surface area contributed by atoms with Crippen LogP contribution in [-0.2, 0) is 4.79 Å². The zero-order valence-corrected chi connectivity index (χ0v) is 17.0. The summed E-state index contributed by atoms with van der Waals surface area (Å²) in [5.74, 6) is 0.569. The maximum absolute atomic E-state index is 12.4. The molecule has 0 fully saturated rings. The van der Waals surface area contributed by atoms with Crippen molar-refractivity contribution in [3.63, 3.8) is 0 Å². The average Bonchev–Trinajstić information content (AvgIpc) is 2.98. The van der Waals surface area contributed by atoms with Crippen LogP contribution in [0.3, 0.4) is 0 Å². The Morgan fingerprint density at radius 2 is 1.92 bits per heavy atom. The topological polar surface area (TPSA) is 71.3 Å². The van der Waals surface area contributed by atoms with Crippen LogP contribution >= 0.6 is 23.2 Å². The Morgan fingerprint density at radius 3 is 2.50 bits per heavy atom. The molecule has 8 heteroatoms. The normalized spacial score (nSPS) is 12.4. The van der Waals surface area contributed by atoms with E-state index in [1.807, 2.05) is 45.4 Å². The number of nitrogens with zero attached hydrogens (tertiary/aromatic N) is 3. The Balaban J connectivity index is 2.37. The largest absolute Gasteiger partial charge is 0.326 e. The molecule has 6 nitrogen and oxygen atoms in total. The van der Waals surface area contributed by atoms with Crippen molar-refractivity contribution in [2.75, 3.05) is 5.32 Å². The number of anilines is 1. The number of guanidine groups is 1. The summed E-state index contributed by atoms with van der Waals surface area (Å²) in [6.45, 7) is 9.54. The Kier molecular flexibility index (Phi) is 6.31. The van der Waals surface area contributed by atoms with Gasteiger partial charge in [0.15, 0.2) is 0 Å². The molecule has 0 unspecified atom stereocenters. The molecule has 0 radical (unpaired) electrons. The SMILES string of the molecule is CC(C)n1ccnc1/N=C(/NC(=O)C(C)(C)C)Nc1ccc(Cl)c(Cl)c1. The minimum absolute atomic E-state index is 0.175. The molecule has 0 aliphatic heterocycles. The van der Waals surface area contributed by atoms with E-state index in [0.29, 0.717) is 21.7 Å². The first-order valence-electron chi connectivity index (χ1n) is 8.23. The molecule has 0 saturated carbocycles. The first kappa shape index (κ1) is 20.3. The lowest BCUT2D eigenvalue weighted by molar-refractivity contribution is -0.126. The molecule has 140 valence electrons. The first-order valence-corrected chi connectivity index (χ1v) is 8.98. The lowest BCUT2D eigenvalue weighted by atomic mass is 9.96. The number of hydrogen-bond acceptors (Lipinski definition) is 3. The van der Waals surface area contributed by atoms with Crippen molar-refractivity contribution in [3.05, 3.63) is 40.6 Å². The molecule has 0 aliphatic rings. The second-order valence-electron chi connectivity index (χ2n) is 7.15. The van der Waals surface area contributed by atoms with Crippen molar-refractivity contribution < 1.29 is 4.79 Å². The first-order chi connectivity index (χ1) is 12.1. The average molecular weight is 396 g/mol. The molecule has 1 aromatic heterocycles. The number of carbonyl (C=O) groups is 1. The van der Waals surface area contributed by atoms with Crippen molar-refractivity contribution in [1.29, 1.82) is 0 Å². The molecule has 0 atom stereocenters. The number of amides is 1. The summed E-state index contributed by atoms with van der Waals surface area (Å²) in [4.78, 5) is 21.2. The van der Waals surface area contributed by atoms with Gasteiger partial charge < -0.3 is 9.88 Å². The second kappa shape index (κ2) is 8.10. The van der Waals surface area contributed by atoms with Gasteiger partial charge in [-0.25, -0.2) is 4.98 Å². The Labute approximate surface area is 163 Å². The number of aliphatic imine (C=N–C) groups is 1. The smallest absolute Gasteiger partial charge is 0.232 e. The summed E-state index contributed by atoms with van der Waals surface area (Å²) >= 11 is 12.0. The third kappa shape index (κ3) is 5.22. The number of hydrogen-bond donors (Lipinski definition) is 2. The summed E-state index contributed by atoms with van der Waals surface area (Å²) in [6.07, 6.45) is 3.51. The van der Waals surface area contributed by atoms with Crippen LogP contribution < -0.4 is 10.6 Å². The lowest BCUT2D eigenvalue weighted by Crippen LogP contribution is -2.42. The molecule has 26 heavy (non-hydrogen) atoms. The highest BCUT2D eigenvalue weighted by molar-refractivity contribution is 6.42. The molecule has 1 heterocycles. The van der Waals surface area contributed by atoms with Gasteiger partial charge in [-0.3, -0.25) is 10.1 Å². The van der Waals surface area contributed by atoms with Crippen molar-refractivity contribution >= 4 is 46.7 Å². The summed E-state index contributed by atoms with van der Waals surface area (Å²) < 4.78 is 1.90. The Morgan fingerprint density at radius 1 is 1.23 bits per heavy atom. The van der Waals surface area contributed by atoms with Crippen LogP contribution in [0.25, 0.3) is 0 Å². The molecule has 0 spiro atoms. The quantitative estimate of drug-likeness (QED) is 0.565. The molecular weight excluding hydrogens is 373 g/mol. The fourth-order valence-corrected chi connectivity index (χ4v) is 2.29. The van der Waals surface area contributed by atoms with Crippen molar-refractivity contribution in [2.24, 2.45) is 10.4 Å². The molecule has 0 bridgehead atoms. The van der Waals surface area contributed by atoms with E-state index in [1.165, 1.54) is 0 Å². The standard InChI is InChI=1S/C18H23Cl2N5O/c1-11(2)25-9-8-21-17(25)24-16(23-15(26)18(3,4)5)22-12-6-7-13(19)14(20)10-12/h6-11H,1-5H3,(H2,21,22,23,24,26). The van der Waals surface area contributed by atoms with Gasteiger partial charge in [0.25, 0.3) is 0 Å². The predicted octanol–water partition coefficient (Wildman–Crippen LogP) is 5.03. The summed E-state index contributed by atoms with van der Waals surface area (Å²) in [5, 5.41) is 6.74. The van der Waals surface area contributed by atoms with E-state index in [1.54, 1.807) is 24.4 Å². The molecule has 2 aromatic rings. The van der Waals surface area contributed by atoms with Gasteiger partial charge >= 0.3 is 0 Å². The van der Waals surface area contributed by atoms with Crippen LogP contribution in [0, 0.1) is 5.41 Å². The molecule has 1 aromatic carbocycles. The third-order valence-corrected chi connectivity index (χ3v) is 4.25. The third-order valence-electron chi connectivity index (χ3n) is 3.51. The van der Waals surface area contributed by atoms with Gasteiger partial charge in [-0.05, 0) is 32.0 Å². The predicted molar refractivity (Wildman–Crippen MR) is 107 cm³/mol. The van der Waals surface area contributed by atoms with Crippen LogP contribution in [0.15, 0.2) is 35.6 Å². The Hall–Kier alpha value is -2.05. The van der Waals surface area contributed by atoms with E-state index in [2.05, 4.69) is 20.6 Å². The number of nitrogens with one attached hydrogen (secondary N) is 2. The molecule has 0 saturated heterocycles. The van der Waals surface area contributed by atoms with Gasteiger partial charge in [0.2, 0.25) is 17.8 Å². The van der Waals surface area contributed by atoms with E-state index in [0.717, 1.165) is 0 Å². The zero-order chi connectivity index (χ0) is 19.5. The minimum atomic E-state index is -0.576. The van der Waals surface area contributed by atoms with Crippen LogP contribution in [-0.4, -0.2) is 21.4 Å². The summed E-state index contributed by atoms with van der Waals surface area (Å²) in [5.41, 5.74) is 0.0723. The van der Waals surface area contributed by atoms with E-state index >= 15 is 0 Å². The number of aromatic nitrogens is 2. The monoisotopic (exact) mass is 395 g/mol. The van der Waals surface area contributed by atoms with Crippen LogP contribution in [0.1, 0.15) is 40.7 Å². The van der Waals surface area contributed by atoms with Gasteiger partial charge in [-0.15, -0.1) is 0 Å². The molecule has 2 rings (SSSR count). The van der Waals surface area contributed by atoms with Gasteiger partial charge in [0, 0.05) is 29.5 Å². The minimum Gasteiger partial charge on any atom is -0.326 e. The van der Waals surface area contributed by atoms with Crippen LogP contribution in [0.4, 0.5) is 11.6 Å². The number of benzene rings is 1. The van der Waals surface area contributed by atoms with Crippen molar-refractivity contribution in [3.8, 4) is 0 Å².